The topological polar surface area (TPSA) is 39.6 Å². The monoisotopic (exact) mass is 148 g/mol. The highest BCUT2D eigenvalue weighted by atomic mass is 35.5. The van der Waals surface area contributed by atoms with Crippen molar-refractivity contribution in [3.05, 3.63) is 23.4 Å². The molecule has 0 aromatic carbocycles. The SMILES string of the molecule is Cl.[C-]#[N+]/C=C(\CN)OC. The molecule has 0 spiro atoms. The van der Waals surface area contributed by atoms with E-state index in [1.54, 1.807) is 0 Å². The van der Waals surface area contributed by atoms with E-state index in [0.29, 0.717) is 12.3 Å². The van der Waals surface area contributed by atoms with Crippen LogP contribution < -0.4 is 5.73 Å². The molecule has 0 heterocycles. The fourth-order valence-corrected chi connectivity index (χ4v) is 0.261. The first-order chi connectivity index (χ1) is 3.85. The van der Waals surface area contributed by atoms with Gasteiger partial charge in [-0.1, -0.05) is 0 Å². The van der Waals surface area contributed by atoms with E-state index in [0.717, 1.165) is 0 Å². The van der Waals surface area contributed by atoms with Gasteiger partial charge in [0, 0.05) is 6.54 Å². The third-order valence-electron chi connectivity index (χ3n) is 0.672. The number of nitrogens with zero attached hydrogens (tertiary/aromatic N) is 1. The average Bonchev–Trinajstić information content (AvgIpc) is 1.83. The summed E-state index contributed by atoms with van der Waals surface area (Å²) < 4.78 is 4.66. The Balaban J connectivity index is 0. The smallest absolute Gasteiger partial charge is 0.192 e. The second-order valence-electron chi connectivity index (χ2n) is 1.13. The number of nitrogens with two attached hydrogens (primary N) is 1. The van der Waals surface area contributed by atoms with Gasteiger partial charge < -0.3 is 10.5 Å². The van der Waals surface area contributed by atoms with Gasteiger partial charge in [-0.05, 0) is 0 Å². The molecule has 9 heavy (non-hydrogen) atoms. The van der Waals surface area contributed by atoms with Crippen LogP contribution in [0.5, 0.6) is 0 Å². The molecule has 0 amide bonds. The first kappa shape index (κ1) is 11.1. The Morgan fingerprint density at radius 2 is 2.44 bits per heavy atom. The molecule has 0 saturated heterocycles. The Hall–Kier alpha value is -0.720. The molecule has 0 radical (unpaired) electrons. The molecule has 0 bridgehead atoms. The Kier molecular flexibility index (Phi) is 9.00. The molecule has 0 saturated carbocycles. The number of rotatable bonds is 2. The molecule has 4 heteroatoms. The first-order valence-corrected chi connectivity index (χ1v) is 2.14. The van der Waals surface area contributed by atoms with Crippen LogP contribution in [0.2, 0.25) is 0 Å². The quantitative estimate of drug-likeness (QED) is 0.464. The zero-order valence-electron chi connectivity index (χ0n) is 5.13. The second kappa shape index (κ2) is 7.28. The number of methoxy groups -OCH3 is 1. The maximum Gasteiger partial charge on any atom is 0.192 e. The molecule has 0 aromatic rings. The van der Waals surface area contributed by atoms with Crippen molar-refractivity contribution in [2.45, 2.75) is 0 Å². The lowest BCUT2D eigenvalue weighted by Gasteiger charge is -1.97. The summed E-state index contributed by atoms with van der Waals surface area (Å²) in [7, 11) is 1.49. The van der Waals surface area contributed by atoms with Crippen LogP contribution in [0.1, 0.15) is 0 Å². The summed E-state index contributed by atoms with van der Waals surface area (Å²) in [4.78, 5) is 2.96. The van der Waals surface area contributed by atoms with Crippen LogP contribution in [0, 0.1) is 6.57 Å². The molecular weight excluding hydrogens is 140 g/mol. The summed E-state index contributed by atoms with van der Waals surface area (Å²) in [6, 6.07) is 0. The minimum absolute atomic E-state index is 0. The van der Waals surface area contributed by atoms with Crippen molar-refractivity contribution in [3.8, 4) is 0 Å². The van der Waals surface area contributed by atoms with Crippen molar-refractivity contribution >= 4 is 12.4 Å². The highest BCUT2D eigenvalue weighted by Gasteiger charge is 1.85. The van der Waals surface area contributed by atoms with Crippen LogP contribution in [0.3, 0.4) is 0 Å². The maximum atomic E-state index is 6.35. The van der Waals surface area contributed by atoms with E-state index in [-0.39, 0.29) is 12.4 Å². The maximum absolute atomic E-state index is 6.35. The molecule has 0 aliphatic rings. The first-order valence-electron chi connectivity index (χ1n) is 2.14. The highest BCUT2D eigenvalue weighted by molar-refractivity contribution is 5.85. The molecule has 0 aliphatic carbocycles. The number of hydrogen-bond donors (Lipinski definition) is 1. The number of halogens is 1. The van der Waals surface area contributed by atoms with Crippen LogP contribution in [0.15, 0.2) is 12.0 Å². The average molecular weight is 149 g/mol. The Bertz CT molecular complexity index is 121. The lowest BCUT2D eigenvalue weighted by Crippen LogP contribution is -2.03. The van der Waals surface area contributed by atoms with Crippen molar-refractivity contribution in [2.75, 3.05) is 13.7 Å². The van der Waals surface area contributed by atoms with Crippen LogP contribution in [-0.4, -0.2) is 13.7 Å². The van der Waals surface area contributed by atoms with Crippen molar-refractivity contribution in [3.63, 3.8) is 0 Å². The summed E-state index contributed by atoms with van der Waals surface area (Å²) in [5.41, 5.74) is 5.13. The van der Waals surface area contributed by atoms with Gasteiger partial charge in [-0.3, -0.25) is 0 Å². The number of ether oxygens (including phenoxy) is 1. The molecule has 0 aliphatic heterocycles. The van der Waals surface area contributed by atoms with Crippen LogP contribution in [-0.2, 0) is 4.74 Å². The second-order valence-corrected chi connectivity index (χ2v) is 1.13. The van der Waals surface area contributed by atoms with Gasteiger partial charge in [0.25, 0.3) is 0 Å². The van der Waals surface area contributed by atoms with E-state index in [2.05, 4.69) is 9.58 Å². The molecule has 0 fully saturated rings. The third-order valence-corrected chi connectivity index (χ3v) is 0.672. The third kappa shape index (κ3) is 5.15. The zero-order valence-corrected chi connectivity index (χ0v) is 5.94. The fraction of sp³-hybridized carbons (Fsp3) is 0.400. The van der Waals surface area contributed by atoms with Crippen LogP contribution in [0.25, 0.3) is 4.85 Å². The summed E-state index contributed by atoms with van der Waals surface area (Å²) in [5, 5.41) is 0. The van der Waals surface area contributed by atoms with Crippen molar-refractivity contribution in [1.82, 2.24) is 0 Å². The summed E-state index contributed by atoms with van der Waals surface area (Å²) in [6.07, 6.45) is 1.26. The Morgan fingerprint density at radius 3 is 2.56 bits per heavy atom. The molecule has 0 unspecified atom stereocenters. The van der Waals surface area contributed by atoms with E-state index in [1.165, 1.54) is 13.3 Å². The lowest BCUT2D eigenvalue weighted by atomic mass is 10.5. The van der Waals surface area contributed by atoms with E-state index in [9.17, 15) is 0 Å². The van der Waals surface area contributed by atoms with Gasteiger partial charge in [-0.15, -0.1) is 12.4 Å². The van der Waals surface area contributed by atoms with Crippen molar-refractivity contribution < 1.29 is 4.74 Å². The summed E-state index contributed by atoms with van der Waals surface area (Å²) in [6.45, 7) is 6.64. The lowest BCUT2D eigenvalue weighted by molar-refractivity contribution is 0.287. The van der Waals surface area contributed by atoms with Gasteiger partial charge in [0.1, 0.15) is 5.76 Å². The normalized spacial score (nSPS) is 9.22. The van der Waals surface area contributed by atoms with Gasteiger partial charge in [-0.25, -0.2) is 4.85 Å². The predicted octanol–water partition coefficient (Wildman–Crippen LogP) is 0.774. The van der Waals surface area contributed by atoms with E-state index >= 15 is 0 Å². The molecule has 2 N–H and O–H groups in total. The summed E-state index contributed by atoms with van der Waals surface area (Å²) in [5.74, 6) is 0.514. The van der Waals surface area contributed by atoms with E-state index < -0.39 is 0 Å². The van der Waals surface area contributed by atoms with Gasteiger partial charge >= 0.3 is 0 Å². The standard InChI is InChI=1S/C5H8N2O.ClH/c1-7-4-5(3-6)8-2;/h4H,3,6H2,2H3;1H/b5-4+;. The van der Waals surface area contributed by atoms with E-state index in [4.69, 9.17) is 12.3 Å². The van der Waals surface area contributed by atoms with Gasteiger partial charge in [0.05, 0.1) is 13.7 Å². The number of hydrogen-bond acceptors (Lipinski definition) is 2. The Labute approximate surface area is 60.7 Å². The minimum Gasteiger partial charge on any atom is -0.511 e. The highest BCUT2D eigenvalue weighted by Crippen LogP contribution is 1.89. The fourth-order valence-electron chi connectivity index (χ4n) is 0.261. The molecule has 3 nitrogen and oxygen atoms in total. The van der Waals surface area contributed by atoms with Crippen LogP contribution >= 0.6 is 12.4 Å². The summed E-state index contributed by atoms with van der Waals surface area (Å²) >= 11 is 0. The molecule has 52 valence electrons. The minimum atomic E-state index is 0. The van der Waals surface area contributed by atoms with Crippen LogP contribution in [0.4, 0.5) is 0 Å². The van der Waals surface area contributed by atoms with Crippen molar-refractivity contribution in [1.29, 1.82) is 0 Å². The Morgan fingerprint density at radius 1 is 1.89 bits per heavy atom. The molecule has 0 aromatic heterocycles. The van der Waals surface area contributed by atoms with Gasteiger partial charge in [0.15, 0.2) is 6.20 Å². The molecular formula is C5H9ClN2O. The largest absolute Gasteiger partial charge is 0.511 e. The van der Waals surface area contributed by atoms with Crippen molar-refractivity contribution in [2.24, 2.45) is 5.73 Å². The zero-order chi connectivity index (χ0) is 6.41. The predicted molar refractivity (Wildman–Crippen MR) is 38.0 cm³/mol. The van der Waals surface area contributed by atoms with Gasteiger partial charge in [0.2, 0.25) is 0 Å². The molecule has 0 atom stereocenters. The van der Waals surface area contributed by atoms with E-state index in [1.807, 2.05) is 0 Å². The van der Waals surface area contributed by atoms with Gasteiger partial charge in [-0.2, -0.15) is 0 Å². The molecule has 0 rings (SSSR count).